The van der Waals surface area contributed by atoms with E-state index in [4.69, 9.17) is 10.5 Å². The molecular weight excluding hydrogens is 264 g/mol. The third-order valence-corrected chi connectivity index (χ3v) is 3.37. The molecule has 3 rings (SSSR count). The van der Waals surface area contributed by atoms with Crippen molar-refractivity contribution in [2.75, 3.05) is 12.3 Å². The Labute approximate surface area is 122 Å². The number of hydrogen-bond acceptors (Lipinski definition) is 3. The first-order valence-corrected chi connectivity index (χ1v) is 6.84. The number of nitrogen functional groups attached to an aromatic ring is 1. The van der Waals surface area contributed by atoms with E-state index in [1.807, 2.05) is 42.5 Å². The van der Waals surface area contributed by atoms with Gasteiger partial charge in [0.25, 0.3) is 0 Å². The van der Waals surface area contributed by atoms with E-state index >= 15 is 0 Å². The van der Waals surface area contributed by atoms with Gasteiger partial charge in [0.2, 0.25) is 0 Å². The first-order chi connectivity index (χ1) is 10.2. The van der Waals surface area contributed by atoms with Crippen LogP contribution in [0.4, 0.5) is 5.69 Å². The van der Waals surface area contributed by atoms with Crippen LogP contribution in [0.2, 0.25) is 0 Å². The second kappa shape index (κ2) is 5.32. The second-order valence-electron chi connectivity index (χ2n) is 4.80. The van der Waals surface area contributed by atoms with Gasteiger partial charge in [-0.25, -0.2) is 4.79 Å². The molecule has 0 saturated heterocycles. The number of esters is 1. The molecular formula is C17H16N2O2. The lowest BCUT2D eigenvalue weighted by atomic mass is 10.0. The van der Waals surface area contributed by atoms with Crippen LogP contribution in [0.15, 0.2) is 48.5 Å². The standard InChI is InChI=1S/C17H16N2O2/c1-2-21-17(20)16-9-12-8-13(11-6-4-3-5-7-11)14(18)10-15(12)19-16/h3-10,19H,2,18H2,1H3. The molecule has 0 aliphatic heterocycles. The first kappa shape index (κ1) is 13.2. The molecule has 3 N–H and O–H groups in total. The summed E-state index contributed by atoms with van der Waals surface area (Å²) in [5.74, 6) is -0.353. The maximum absolute atomic E-state index is 11.8. The van der Waals surface area contributed by atoms with Crippen LogP contribution in [0, 0.1) is 0 Å². The summed E-state index contributed by atoms with van der Waals surface area (Å²) in [7, 11) is 0. The summed E-state index contributed by atoms with van der Waals surface area (Å²) >= 11 is 0. The number of nitrogens with one attached hydrogen (secondary N) is 1. The van der Waals surface area contributed by atoms with Gasteiger partial charge >= 0.3 is 5.97 Å². The molecule has 0 atom stereocenters. The van der Waals surface area contributed by atoms with Crippen LogP contribution in [-0.4, -0.2) is 17.6 Å². The minimum atomic E-state index is -0.353. The Morgan fingerprint density at radius 1 is 1.19 bits per heavy atom. The van der Waals surface area contributed by atoms with Crippen molar-refractivity contribution in [3.8, 4) is 11.1 Å². The van der Waals surface area contributed by atoms with Gasteiger partial charge in [-0.15, -0.1) is 0 Å². The van der Waals surface area contributed by atoms with Crippen LogP contribution in [0.3, 0.4) is 0 Å². The fourth-order valence-corrected chi connectivity index (χ4v) is 2.38. The highest BCUT2D eigenvalue weighted by Crippen LogP contribution is 2.30. The number of hydrogen-bond donors (Lipinski definition) is 2. The van der Waals surface area contributed by atoms with Crippen molar-refractivity contribution >= 4 is 22.6 Å². The number of carbonyl (C=O) groups is 1. The van der Waals surface area contributed by atoms with Gasteiger partial charge in [0.15, 0.2) is 0 Å². The normalized spacial score (nSPS) is 10.7. The average molecular weight is 280 g/mol. The minimum absolute atomic E-state index is 0.353. The molecule has 4 heteroatoms. The maximum atomic E-state index is 11.8. The third-order valence-electron chi connectivity index (χ3n) is 3.37. The predicted octanol–water partition coefficient (Wildman–Crippen LogP) is 3.59. The molecule has 0 radical (unpaired) electrons. The molecule has 0 spiro atoms. The Kier molecular flexibility index (Phi) is 3.36. The van der Waals surface area contributed by atoms with E-state index in [-0.39, 0.29) is 5.97 Å². The molecule has 0 aliphatic rings. The van der Waals surface area contributed by atoms with Crippen molar-refractivity contribution in [3.63, 3.8) is 0 Å². The lowest BCUT2D eigenvalue weighted by Crippen LogP contribution is -2.04. The summed E-state index contributed by atoms with van der Waals surface area (Å²) in [6.07, 6.45) is 0. The second-order valence-corrected chi connectivity index (χ2v) is 4.80. The van der Waals surface area contributed by atoms with E-state index in [1.54, 1.807) is 13.0 Å². The fraction of sp³-hybridized carbons (Fsp3) is 0.118. The van der Waals surface area contributed by atoms with Crippen molar-refractivity contribution in [3.05, 3.63) is 54.2 Å². The zero-order valence-electron chi connectivity index (χ0n) is 11.7. The molecule has 0 unspecified atom stereocenters. The third kappa shape index (κ3) is 2.48. The summed E-state index contributed by atoms with van der Waals surface area (Å²) in [6.45, 7) is 2.14. The lowest BCUT2D eigenvalue weighted by Gasteiger charge is -2.06. The van der Waals surface area contributed by atoms with Crippen molar-refractivity contribution in [1.29, 1.82) is 0 Å². The summed E-state index contributed by atoms with van der Waals surface area (Å²) in [4.78, 5) is 14.8. The van der Waals surface area contributed by atoms with Crippen LogP contribution in [0.5, 0.6) is 0 Å². The van der Waals surface area contributed by atoms with Crippen molar-refractivity contribution in [1.82, 2.24) is 4.98 Å². The summed E-state index contributed by atoms with van der Waals surface area (Å²) in [6, 6.07) is 15.6. The van der Waals surface area contributed by atoms with E-state index in [0.717, 1.165) is 22.0 Å². The highest BCUT2D eigenvalue weighted by atomic mass is 16.5. The molecule has 0 saturated carbocycles. The Morgan fingerprint density at radius 2 is 1.95 bits per heavy atom. The van der Waals surface area contributed by atoms with E-state index in [1.165, 1.54) is 0 Å². The summed E-state index contributed by atoms with van der Waals surface area (Å²) < 4.78 is 5.00. The number of fused-ring (bicyclic) bond motifs is 1. The van der Waals surface area contributed by atoms with Crippen LogP contribution < -0.4 is 5.73 Å². The van der Waals surface area contributed by atoms with Gasteiger partial charge in [-0.2, -0.15) is 0 Å². The monoisotopic (exact) mass is 280 g/mol. The highest BCUT2D eigenvalue weighted by Gasteiger charge is 2.12. The molecule has 0 fully saturated rings. The van der Waals surface area contributed by atoms with Gasteiger partial charge in [0.05, 0.1) is 6.61 Å². The van der Waals surface area contributed by atoms with Crippen LogP contribution in [-0.2, 0) is 4.74 Å². The molecule has 0 bridgehead atoms. The van der Waals surface area contributed by atoms with Crippen LogP contribution >= 0.6 is 0 Å². The smallest absolute Gasteiger partial charge is 0.354 e. The average Bonchev–Trinajstić information content (AvgIpc) is 2.90. The SMILES string of the molecule is CCOC(=O)c1cc2cc(-c3ccccc3)c(N)cc2[nH]1. The first-order valence-electron chi connectivity index (χ1n) is 6.84. The van der Waals surface area contributed by atoms with Gasteiger partial charge in [-0.3, -0.25) is 0 Å². The Hall–Kier alpha value is -2.75. The quantitative estimate of drug-likeness (QED) is 0.569. The fourth-order valence-electron chi connectivity index (χ4n) is 2.38. The topological polar surface area (TPSA) is 68.1 Å². The molecule has 1 heterocycles. The van der Waals surface area contributed by atoms with Crippen LogP contribution in [0.25, 0.3) is 22.0 Å². The molecule has 21 heavy (non-hydrogen) atoms. The lowest BCUT2D eigenvalue weighted by molar-refractivity contribution is 0.0520. The van der Waals surface area contributed by atoms with E-state index in [9.17, 15) is 4.79 Å². The number of benzene rings is 2. The largest absolute Gasteiger partial charge is 0.461 e. The number of H-pyrrole nitrogens is 1. The molecule has 0 amide bonds. The molecule has 0 aliphatic carbocycles. The van der Waals surface area contributed by atoms with Gasteiger partial charge < -0.3 is 15.5 Å². The summed E-state index contributed by atoms with van der Waals surface area (Å²) in [5, 5.41) is 0.936. The van der Waals surface area contributed by atoms with Gasteiger partial charge in [0, 0.05) is 22.2 Å². The minimum Gasteiger partial charge on any atom is -0.461 e. The van der Waals surface area contributed by atoms with Gasteiger partial charge in [0.1, 0.15) is 5.69 Å². The van der Waals surface area contributed by atoms with E-state index in [0.29, 0.717) is 18.0 Å². The number of carbonyl (C=O) groups excluding carboxylic acids is 1. The van der Waals surface area contributed by atoms with Gasteiger partial charge in [-0.1, -0.05) is 30.3 Å². The predicted molar refractivity (Wildman–Crippen MR) is 84.1 cm³/mol. The summed E-state index contributed by atoms with van der Waals surface area (Å²) in [5.41, 5.74) is 10.1. The van der Waals surface area contributed by atoms with Crippen molar-refractivity contribution < 1.29 is 9.53 Å². The molecule has 2 aromatic carbocycles. The maximum Gasteiger partial charge on any atom is 0.354 e. The number of rotatable bonds is 3. The molecule has 4 nitrogen and oxygen atoms in total. The number of nitrogens with two attached hydrogens (primary N) is 1. The van der Waals surface area contributed by atoms with E-state index in [2.05, 4.69) is 4.98 Å². The Bertz CT molecular complexity index is 791. The zero-order chi connectivity index (χ0) is 14.8. The zero-order valence-corrected chi connectivity index (χ0v) is 11.7. The Morgan fingerprint density at radius 3 is 2.67 bits per heavy atom. The Balaban J connectivity index is 2.09. The van der Waals surface area contributed by atoms with Crippen molar-refractivity contribution in [2.24, 2.45) is 0 Å². The van der Waals surface area contributed by atoms with Crippen LogP contribution in [0.1, 0.15) is 17.4 Å². The number of aromatic amines is 1. The molecule has 3 aromatic rings. The number of aromatic nitrogens is 1. The highest BCUT2D eigenvalue weighted by molar-refractivity contribution is 5.98. The van der Waals surface area contributed by atoms with Gasteiger partial charge in [-0.05, 0) is 30.7 Å². The van der Waals surface area contributed by atoms with E-state index < -0.39 is 0 Å². The number of anilines is 1. The van der Waals surface area contributed by atoms with Crippen molar-refractivity contribution in [2.45, 2.75) is 6.92 Å². The number of ether oxygens (including phenoxy) is 1. The molecule has 1 aromatic heterocycles. The molecule has 106 valence electrons.